The van der Waals surface area contributed by atoms with Crippen molar-refractivity contribution in [2.45, 2.75) is 76.5 Å². The Balaban J connectivity index is 1.37. The van der Waals surface area contributed by atoms with Gasteiger partial charge in [0.1, 0.15) is 16.5 Å². The number of hydrogen-bond donors (Lipinski definition) is 2. The van der Waals surface area contributed by atoms with Crippen molar-refractivity contribution in [3.05, 3.63) is 16.3 Å². The molecule has 6 rings (SSSR count). The zero-order valence-corrected chi connectivity index (χ0v) is 17.7. The fourth-order valence-corrected chi connectivity index (χ4v) is 7.31. The number of nitrogens with zero attached hydrogens (tertiary/aromatic N) is 2. The van der Waals surface area contributed by atoms with E-state index in [0.717, 1.165) is 24.1 Å². The Labute approximate surface area is 171 Å². The quantitative estimate of drug-likeness (QED) is 0.744. The zero-order chi connectivity index (χ0) is 18.6. The van der Waals surface area contributed by atoms with Gasteiger partial charge in [0, 0.05) is 29.3 Å². The summed E-state index contributed by atoms with van der Waals surface area (Å²) in [5, 5.41) is 8.91. The van der Waals surface area contributed by atoms with Crippen molar-refractivity contribution in [2.24, 2.45) is 11.3 Å². The van der Waals surface area contributed by atoms with Crippen molar-refractivity contribution in [2.75, 3.05) is 25.0 Å². The smallest absolute Gasteiger partial charge is 0.138 e. The normalized spacial score (nSPS) is 28.1. The van der Waals surface area contributed by atoms with E-state index in [1.54, 1.807) is 10.4 Å². The summed E-state index contributed by atoms with van der Waals surface area (Å²) in [7, 11) is 0. The van der Waals surface area contributed by atoms with Crippen molar-refractivity contribution in [1.82, 2.24) is 15.3 Å². The zero-order valence-electron chi connectivity index (χ0n) is 16.9. The summed E-state index contributed by atoms with van der Waals surface area (Å²) in [5.74, 6) is 3.77. The number of fused-ring (bicyclic) bond motifs is 3. The molecule has 150 valence electrons. The molecule has 1 unspecified atom stereocenters. The van der Waals surface area contributed by atoms with Gasteiger partial charge in [-0.3, -0.25) is 0 Å². The highest BCUT2D eigenvalue weighted by molar-refractivity contribution is 7.19. The Morgan fingerprint density at radius 1 is 1.04 bits per heavy atom. The van der Waals surface area contributed by atoms with Crippen LogP contribution in [0.3, 0.4) is 0 Å². The molecule has 2 aromatic rings. The number of anilines is 1. The molecule has 1 saturated heterocycles. The van der Waals surface area contributed by atoms with Gasteiger partial charge in [-0.25, -0.2) is 9.97 Å². The number of hydrogen-bond acceptors (Lipinski definition) is 5. The van der Waals surface area contributed by atoms with Crippen molar-refractivity contribution in [3.8, 4) is 0 Å². The fourth-order valence-electron chi connectivity index (χ4n) is 6.05. The first-order valence-corrected chi connectivity index (χ1v) is 12.4. The summed E-state index contributed by atoms with van der Waals surface area (Å²) in [4.78, 5) is 13.2. The minimum atomic E-state index is 0.446. The molecule has 2 N–H and O–H groups in total. The van der Waals surface area contributed by atoms with Gasteiger partial charge in [0.2, 0.25) is 0 Å². The monoisotopic (exact) mass is 396 g/mol. The highest BCUT2D eigenvalue weighted by Gasteiger charge is 2.46. The maximum absolute atomic E-state index is 5.21. The second-order valence-corrected chi connectivity index (χ2v) is 10.8. The van der Waals surface area contributed by atoms with E-state index in [-0.39, 0.29) is 0 Å². The summed E-state index contributed by atoms with van der Waals surface area (Å²) in [6.07, 6.45) is 14.5. The summed E-state index contributed by atoms with van der Waals surface area (Å²) >= 11 is 1.95. The third kappa shape index (κ3) is 2.97. The maximum Gasteiger partial charge on any atom is 0.138 e. The van der Waals surface area contributed by atoms with E-state index in [1.165, 1.54) is 93.9 Å². The first kappa shape index (κ1) is 17.6. The van der Waals surface area contributed by atoms with Crippen molar-refractivity contribution < 1.29 is 0 Å². The van der Waals surface area contributed by atoms with Crippen LogP contribution < -0.4 is 10.6 Å². The molecular formula is C23H32N4S. The van der Waals surface area contributed by atoms with Crippen LogP contribution in [0, 0.1) is 11.3 Å². The number of rotatable bonds is 5. The van der Waals surface area contributed by atoms with Gasteiger partial charge in [0.15, 0.2) is 0 Å². The van der Waals surface area contributed by atoms with Crippen molar-refractivity contribution in [1.29, 1.82) is 0 Å². The molecule has 0 radical (unpaired) electrons. The van der Waals surface area contributed by atoms with E-state index in [1.807, 2.05) is 11.3 Å². The average Bonchev–Trinajstić information content (AvgIpc) is 3.16. The lowest BCUT2D eigenvalue weighted by molar-refractivity contribution is 0.293. The molecule has 4 nitrogen and oxygen atoms in total. The molecule has 4 aliphatic rings. The number of aromatic nitrogens is 2. The molecule has 28 heavy (non-hydrogen) atoms. The van der Waals surface area contributed by atoms with E-state index in [0.29, 0.717) is 11.3 Å². The first-order valence-electron chi connectivity index (χ1n) is 11.6. The number of nitrogens with one attached hydrogen (secondary N) is 2. The van der Waals surface area contributed by atoms with E-state index in [2.05, 4.69) is 10.6 Å². The molecule has 1 atom stereocenters. The van der Waals surface area contributed by atoms with Crippen LogP contribution in [0.15, 0.2) is 0 Å². The molecule has 0 bridgehead atoms. The lowest BCUT2D eigenvalue weighted by Crippen LogP contribution is -2.34. The van der Waals surface area contributed by atoms with Gasteiger partial charge in [0.05, 0.1) is 5.39 Å². The molecule has 5 heteroatoms. The van der Waals surface area contributed by atoms with Gasteiger partial charge in [-0.15, -0.1) is 11.3 Å². The summed E-state index contributed by atoms with van der Waals surface area (Å²) < 4.78 is 0. The molecule has 1 aliphatic heterocycles. The van der Waals surface area contributed by atoms with Gasteiger partial charge < -0.3 is 10.6 Å². The summed E-state index contributed by atoms with van der Waals surface area (Å²) in [5.41, 5.74) is 2.00. The Morgan fingerprint density at radius 3 is 2.71 bits per heavy atom. The van der Waals surface area contributed by atoms with Gasteiger partial charge >= 0.3 is 0 Å². The topological polar surface area (TPSA) is 49.8 Å². The van der Waals surface area contributed by atoms with E-state index in [9.17, 15) is 0 Å². The van der Waals surface area contributed by atoms with Gasteiger partial charge in [-0.1, -0.05) is 19.3 Å². The lowest BCUT2D eigenvalue weighted by Gasteiger charge is -2.29. The SMILES string of the molecule is C1CCC(c2nc(NCC3(C4CC4)CCNC3)c3c4c(sc3n2)CCC4)CC1. The summed E-state index contributed by atoms with van der Waals surface area (Å²) in [6, 6.07) is 0. The minimum absolute atomic E-state index is 0.446. The second kappa shape index (κ2) is 6.94. The third-order valence-corrected chi connectivity index (χ3v) is 9.07. The molecule has 0 spiro atoms. The van der Waals surface area contributed by atoms with E-state index >= 15 is 0 Å². The predicted molar refractivity (Wildman–Crippen MR) is 116 cm³/mol. The number of aryl methyl sites for hydroxylation is 2. The Morgan fingerprint density at radius 2 is 1.93 bits per heavy atom. The molecule has 3 fully saturated rings. The van der Waals surface area contributed by atoms with Crippen LogP contribution in [0.4, 0.5) is 5.82 Å². The van der Waals surface area contributed by atoms with Crippen LogP contribution in [-0.4, -0.2) is 29.6 Å². The van der Waals surface area contributed by atoms with Crippen LogP contribution in [0.5, 0.6) is 0 Å². The Bertz CT molecular complexity index is 872. The molecule has 2 saturated carbocycles. The standard InChI is InChI=1S/C23H32N4S/c1-2-5-15(6-3-1)20-26-21(19-17-7-4-8-18(17)28-22(19)27-20)25-14-23(16-9-10-16)11-12-24-13-23/h15-16,24H,1-14H2,(H,25,26,27). The molecule has 2 aromatic heterocycles. The first-order chi connectivity index (χ1) is 13.8. The Kier molecular flexibility index (Phi) is 4.38. The van der Waals surface area contributed by atoms with Gasteiger partial charge in [-0.05, 0) is 69.4 Å². The van der Waals surface area contributed by atoms with Crippen LogP contribution >= 0.6 is 11.3 Å². The lowest BCUT2D eigenvalue weighted by atomic mass is 9.81. The highest BCUT2D eigenvalue weighted by atomic mass is 32.1. The van der Waals surface area contributed by atoms with Crippen LogP contribution in [-0.2, 0) is 12.8 Å². The van der Waals surface area contributed by atoms with Crippen molar-refractivity contribution >= 4 is 27.4 Å². The van der Waals surface area contributed by atoms with Gasteiger partial charge in [0.25, 0.3) is 0 Å². The maximum atomic E-state index is 5.21. The van der Waals surface area contributed by atoms with Crippen LogP contribution in [0.2, 0.25) is 0 Å². The summed E-state index contributed by atoms with van der Waals surface area (Å²) in [6.45, 7) is 3.43. The highest BCUT2D eigenvalue weighted by Crippen LogP contribution is 2.49. The fraction of sp³-hybridized carbons (Fsp3) is 0.739. The predicted octanol–water partition coefficient (Wildman–Crippen LogP) is 5.03. The second-order valence-electron chi connectivity index (χ2n) is 9.72. The molecule has 3 aliphatic carbocycles. The third-order valence-electron chi connectivity index (χ3n) is 7.88. The molecular weight excluding hydrogens is 364 g/mol. The average molecular weight is 397 g/mol. The van der Waals surface area contributed by atoms with Crippen molar-refractivity contribution in [3.63, 3.8) is 0 Å². The Hall–Kier alpha value is -1.20. The number of thiophene rings is 1. The molecule has 3 heterocycles. The largest absolute Gasteiger partial charge is 0.369 e. The van der Waals surface area contributed by atoms with Gasteiger partial charge in [-0.2, -0.15) is 0 Å². The van der Waals surface area contributed by atoms with Crippen LogP contribution in [0.1, 0.15) is 80.0 Å². The minimum Gasteiger partial charge on any atom is -0.369 e. The molecule has 0 amide bonds. The van der Waals surface area contributed by atoms with Crippen LogP contribution in [0.25, 0.3) is 10.2 Å². The molecule has 0 aromatic carbocycles. The van der Waals surface area contributed by atoms with E-state index in [4.69, 9.17) is 9.97 Å². The van der Waals surface area contributed by atoms with E-state index < -0.39 is 0 Å².